The number of aryl methyl sites for hydroxylation is 1. The standard InChI is InChI=1S/C20H30N4O2Si/c1-15(7-9-25)23-14-17(13-22-23)18-6-8-21-20-19(18)12-16(2)24(20)26-10-11-27(3,4)5/h6,8,12-15,25H,7,9-11H2,1-5H3. The molecule has 27 heavy (non-hydrogen) atoms. The van der Waals surface area contributed by atoms with E-state index in [4.69, 9.17) is 9.94 Å². The van der Waals surface area contributed by atoms with Crippen molar-refractivity contribution < 1.29 is 9.94 Å². The molecular weight excluding hydrogens is 356 g/mol. The lowest BCUT2D eigenvalue weighted by Crippen LogP contribution is -2.25. The van der Waals surface area contributed by atoms with E-state index in [9.17, 15) is 0 Å². The lowest BCUT2D eigenvalue weighted by Gasteiger charge is -2.17. The van der Waals surface area contributed by atoms with Crippen molar-refractivity contribution in [3.8, 4) is 11.1 Å². The molecule has 0 aliphatic rings. The van der Waals surface area contributed by atoms with Crippen LogP contribution in [0.2, 0.25) is 25.7 Å². The van der Waals surface area contributed by atoms with E-state index in [0.717, 1.165) is 33.9 Å². The quantitative estimate of drug-likeness (QED) is 0.596. The minimum Gasteiger partial charge on any atom is -0.412 e. The van der Waals surface area contributed by atoms with Gasteiger partial charge in [0.05, 0.1) is 17.9 Å². The van der Waals surface area contributed by atoms with E-state index in [1.54, 1.807) is 0 Å². The lowest BCUT2D eigenvalue weighted by molar-refractivity contribution is 0.126. The van der Waals surface area contributed by atoms with Crippen LogP contribution in [0.4, 0.5) is 0 Å². The minimum atomic E-state index is -1.14. The SMILES string of the molecule is Cc1cc2c(-c3cnn(C(C)CCO)c3)ccnc2n1OCC[Si](C)(C)C. The molecule has 0 aliphatic heterocycles. The molecule has 0 amide bonds. The van der Waals surface area contributed by atoms with Gasteiger partial charge in [0.15, 0.2) is 5.65 Å². The van der Waals surface area contributed by atoms with Crippen LogP contribution in [0.5, 0.6) is 0 Å². The molecule has 0 aliphatic carbocycles. The number of aliphatic hydroxyl groups excluding tert-OH is 1. The fraction of sp³-hybridized carbons (Fsp3) is 0.500. The molecule has 0 saturated carbocycles. The van der Waals surface area contributed by atoms with Crippen molar-refractivity contribution in [1.82, 2.24) is 19.5 Å². The smallest absolute Gasteiger partial charge is 0.176 e. The second kappa shape index (κ2) is 7.86. The van der Waals surface area contributed by atoms with Crippen molar-refractivity contribution >= 4 is 19.1 Å². The highest BCUT2D eigenvalue weighted by atomic mass is 28.3. The molecule has 6 nitrogen and oxygen atoms in total. The van der Waals surface area contributed by atoms with Crippen LogP contribution in [-0.2, 0) is 0 Å². The molecule has 3 rings (SSSR count). The Hall–Kier alpha value is -2.12. The number of pyridine rings is 1. The summed E-state index contributed by atoms with van der Waals surface area (Å²) in [6.45, 7) is 12.0. The van der Waals surface area contributed by atoms with E-state index in [1.807, 2.05) is 41.0 Å². The number of aliphatic hydroxyl groups is 1. The molecule has 1 N–H and O–H groups in total. The number of aromatic nitrogens is 4. The van der Waals surface area contributed by atoms with Crippen molar-refractivity contribution in [2.75, 3.05) is 13.2 Å². The van der Waals surface area contributed by atoms with Crippen molar-refractivity contribution in [3.63, 3.8) is 0 Å². The highest BCUT2D eigenvalue weighted by Crippen LogP contribution is 2.30. The number of nitrogens with zero attached hydrogens (tertiary/aromatic N) is 4. The Morgan fingerprint density at radius 3 is 2.78 bits per heavy atom. The first kappa shape index (κ1) is 19.6. The van der Waals surface area contributed by atoms with Gasteiger partial charge < -0.3 is 9.94 Å². The first-order valence-corrected chi connectivity index (χ1v) is 13.3. The summed E-state index contributed by atoms with van der Waals surface area (Å²) in [4.78, 5) is 10.6. The Morgan fingerprint density at radius 1 is 1.30 bits per heavy atom. The maximum Gasteiger partial charge on any atom is 0.176 e. The lowest BCUT2D eigenvalue weighted by atomic mass is 10.1. The molecule has 0 bridgehead atoms. The summed E-state index contributed by atoms with van der Waals surface area (Å²) in [5.41, 5.74) is 4.03. The van der Waals surface area contributed by atoms with Gasteiger partial charge in [-0.25, -0.2) is 4.98 Å². The zero-order chi connectivity index (χ0) is 19.6. The highest BCUT2D eigenvalue weighted by Gasteiger charge is 2.17. The van der Waals surface area contributed by atoms with Crippen LogP contribution in [-0.4, -0.2) is 45.9 Å². The monoisotopic (exact) mass is 386 g/mol. The number of fused-ring (bicyclic) bond motifs is 1. The van der Waals surface area contributed by atoms with Gasteiger partial charge in [-0.2, -0.15) is 9.83 Å². The first-order chi connectivity index (χ1) is 12.8. The first-order valence-electron chi connectivity index (χ1n) is 9.56. The third kappa shape index (κ3) is 4.41. The molecule has 3 heterocycles. The molecule has 7 heteroatoms. The topological polar surface area (TPSA) is 65.1 Å². The van der Waals surface area contributed by atoms with Crippen LogP contribution in [0.15, 0.2) is 30.7 Å². The summed E-state index contributed by atoms with van der Waals surface area (Å²) in [5, 5.41) is 14.7. The fourth-order valence-electron chi connectivity index (χ4n) is 3.10. The Kier molecular flexibility index (Phi) is 5.71. The molecule has 146 valence electrons. The average Bonchev–Trinajstić information content (AvgIpc) is 3.19. The van der Waals surface area contributed by atoms with Crippen molar-refractivity contribution in [1.29, 1.82) is 0 Å². The van der Waals surface area contributed by atoms with Crippen molar-refractivity contribution in [2.24, 2.45) is 0 Å². The van der Waals surface area contributed by atoms with Crippen molar-refractivity contribution in [2.45, 2.75) is 52.0 Å². The van der Waals surface area contributed by atoms with Gasteiger partial charge in [0.25, 0.3) is 0 Å². The Bertz CT molecular complexity index is 910. The van der Waals surface area contributed by atoms with Gasteiger partial charge in [-0.3, -0.25) is 4.68 Å². The molecule has 3 aromatic rings. The van der Waals surface area contributed by atoms with Crippen LogP contribution in [0.3, 0.4) is 0 Å². The summed E-state index contributed by atoms with van der Waals surface area (Å²) in [6.07, 6.45) is 6.42. The zero-order valence-corrected chi connectivity index (χ0v) is 17.9. The molecule has 0 fully saturated rings. The van der Waals surface area contributed by atoms with E-state index >= 15 is 0 Å². The molecule has 0 spiro atoms. The average molecular weight is 387 g/mol. The number of hydrogen-bond donors (Lipinski definition) is 1. The predicted molar refractivity (Wildman–Crippen MR) is 112 cm³/mol. The Morgan fingerprint density at radius 2 is 2.07 bits per heavy atom. The zero-order valence-electron chi connectivity index (χ0n) is 16.9. The van der Waals surface area contributed by atoms with E-state index in [0.29, 0.717) is 13.0 Å². The maximum absolute atomic E-state index is 9.15. The van der Waals surface area contributed by atoms with Gasteiger partial charge in [-0.05, 0) is 44.0 Å². The van der Waals surface area contributed by atoms with Gasteiger partial charge >= 0.3 is 0 Å². The molecule has 1 atom stereocenters. The highest BCUT2D eigenvalue weighted by molar-refractivity contribution is 6.76. The normalized spacial score (nSPS) is 13.3. The fourth-order valence-corrected chi connectivity index (χ4v) is 3.80. The van der Waals surface area contributed by atoms with E-state index in [2.05, 4.69) is 42.7 Å². The summed E-state index contributed by atoms with van der Waals surface area (Å²) in [7, 11) is -1.14. The van der Waals surface area contributed by atoms with Crippen molar-refractivity contribution in [3.05, 3.63) is 36.4 Å². The number of rotatable bonds is 8. The summed E-state index contributed by atoms with van der Waals surface area (Å²) < 4.78 is 3.77. The van der Waals surface area contributed by atoms with Crippen LogP contribution < -0.4 is 4.84 Å². The second-order valence-electron chi connectivity index (χ2n) is 8.39. The number of hydrogen-bond acceptors (Lipinski definition) is 4. The molecular formula is C20H30N4O2Si. The Balaban J connectivity index is 1.91. The Labute approximate surface area is 161 Å². The molecule has 0 saturated heterocycles. The predicted octanol–water partition coefficient (Wildman–Crippen LogP) is 3.92. The third-order valence-corrected chi connectivity index (χ3v) is 6.52. The summed E-state index contributed by atoms with van der Waals surface area (Å²) in [5.74, 6) is 0. The van der Waals surface area contributed by atoms with Crippen LogP contribution in [0.25, 0.3) is 22.2 Å². The van der Waals surface area contributed by atoms with E-state index in [-0.39, 0.29) is 12.6 Å². The third-order valence-electron chi connectivity index (χ3n) is 4.82. The van der Waals surface area contributed by atoms with Gasteiger partial charge in [-0.15, -0.1) is 0 Å². The largest absolute Gasteiger partial charge is 0.412 e. The van der Waals surface area contributed by atoms with E-state index < -0.39 is 8.07 Å². The van der Waals surface area contributed by atoms with E-state index in [1.165, 1.54) is 0 Å². The summed E-state index contributed by atoms with van der Waals surface area (Å²) >= 11 is 0. The minimum absolute atomic E-state index is 0.159. The molecule has 3 aromatic heterocycles. The van der Waals surface area contributed by atoms with Crippen LogP contribution in [0, 0.1) is 6.92 Å². The summed E-state index contributed by atoms with van der Waals surface area (Å²) in [6, 6.07) is 5.42. The van der Waals surface area contributed by atoms with Gasteiger partial charge in [0.1, 0.15) is 6.61 Å². The molecule has 0 aromatic carbocycles. The second-order valence-corrected chi connectivity index (χ2v) is 14.0. The van der Waals surface area contributed by atoms with Crippen LogP contribution >= 0.6 is 0 Å². The van der Waals surface area contributed by atoms with Crippen LogP contribution in [0.1, 0.15) is 25.1 Å². The maximum atomic E-state index is 9.15. The van der Waals surface area contributed by atoms with Gasteiger partial charge in [0.2, 0.25) is 0 Å². The molecule has 0 radical (unpaired) electrons. The molecule has 1 unspecified atom stereocenters. The van der Waals surface area contributed by atoms with Gasteiger partial charge in [-0.1, -0.05) is 19.6 Å². The van der Waals surface area contributed by atoms with Gasteiger partial charge in [0, 0.05) is 38.0 Å².